The lowest BCUT2D eigenvalue weighted by molar-refractivity contribution is -0.284. The van der Waals surface area contributed by atoms with Crippen molar-refractivity contribution >= 4 is 76.4 Å². The Morgan fingerprint density at radius 2 is 1.06 bits per heavy atom. The highest BCUT2D eigenvalue weighted by Gasteiger charge is 2.52. The SMILES string of the molecule is CC(=O)N[C@H]1[C@H](O[C@@H]2c3ccc(c(Cl)c3)Oc3cc4cc(c3O[C@@H]3O[C@H](CO)[C@@H](O)[C@H](O)[C@H]3NC(=O)CCCCCCC(C)C)Oc3ccc(cc3Cl)C[C@H]3NC(=O)[C@H](N)c5ccc(O)c(c5)Oc5cc(O)cc(c5)[C@H](NC3=O)C(=O)N[C@H]4C(=O)N[C@H](c3ccc(O)cc3)C(=O)N[C@@H]2C(=O)N[C@H](C(=O)NCCCCNCCCN)c2cc(O)cc(O[C@H]3O[C@H](CO)[C@@H](O)[C@H](O)[C@@H]3O)c2)O[C@H](CO)[C@@H](O)[C@@H]1O. The van der Waals surface area contributed by atoms with Crippen molar-refractivity contribution in [3.05, 3.63) is 176 Å². The molecule has 23 atom stereocenters. The summed E-state index contributed by atoms with van der Waals surface area (Å²) in [5, 5.41) is 184. The van der Waals surface area contributed by atoms with Gasteiger partial charge in [-0.15, -0.1) is 0 Å². The molecule has 8 heterocycles. The Morgan fingerprint density at radius 3 is 1.70 bits per heavy atom. The van der Waals surface area contributed by atoms with Crippen LogP contribution < -0.4 is 88.3 Å². The van der Waals surface area contributed by atoms with Crippen LogP contribution in [0, 0.1) is 5.92 Å². The van der Waals surface area contributed by atoms with Gasteiger partial charge in [0, 0.05) is 38.4 Å². The maximum Gasteiger partial charge on any atom is 0.248 e. The largest absolute Gasteiger partial charge is 0.508 e. The first kappa shape index (κ1) is 106. The fourth-order valence-corrected chi connectivity index (χ4v) is 17.4. The maximum absolute atomic E-state index is 16.9. The van der Waals surface area contributed by atoms with Gasteiger partial charge in [0.15, 0.2) is 29.3 Å². The van der Waals surface area contributed by atoms with E-state index in [1.165, 1.54) is 30.3 Å². The number of benzene rings is 7. The minimum Gasteiger partial charge on any atom is -0.508 e. The van der Waals surface area contributed by atoms with E-state index >= 15 is 28.8 Å². The topological polar surface area (TPSA) is 692 Å². The average Bonchev–Trinajstić information content (AvgIpc) is 0.760. The van der Waals surface area contributed by atoms with Crippen LogP contribution in [0.25, 0.3) is 0 Å². The molecule has 141 heavy (non-hydrogen) atoms. The Kier molecular flexibility index (Phi) is 36.2. The average molecular weight is 2010 g/mol. The zero-order chi connectivity index (χ0) is 101. The molecule has 0 aromatic heterocycles. The molecule has 0 unspecified atom stereocenters. The smallest absolute Gasteiger partial charge is 0.248 e. The molecule has 7 aromatic carbocycles. The first-order valence-electron chi connectivity index (χ1n) is 45.9. The number of hydrogen-bond acceptors (Lipinski definition) is 35. The van der Waals surface area contributed by atoms with Crippen molar-refractivity contribution in [2.45, 2.75) is 225 Å². The number of ether oxygens (including phenoxy) is 9. The van der Waals surface area contributed by atoms with E-state index in [4.69, 9.17) is 77.3 Å². The van der Waals surface area contributed by atoms with Crippen LogP contribution in [0.5, 0.6) is 69.0 Å². The number of unbranched alkanes of at least 4 members (excludes halogenated alkanes) is 4. The number of nitrogens with two attached hydrogens (primary N) is 2. The summed E-state index contributed by atoms with van der Waals surface area (Å²) in [7, 11) is 0. The van der Waals surface area contributed by atoms with Crippen molar-refractivity contribution in [1.82, 2.24) is 53.2 Å². The van der Waals surface area contributed by atoms with Gasteiger partial charge in [-0.05, 0) is 175 Å². The van der Waals surface area contributed by atoms with Crippen molar-refractivity contribution in [2.24, 2.45) is 17.4 Å². The Balaban J connectivity index is 1.04. The summed E-state index contributed by atoms with van der Waals surface area (Å²) >= 11 is 14.9. The number of carbonyl (C=O) groups is 9. The minimum absolute atomic E-state index is 0.0414. The van der Waals surface area contributed by atoms with Gasteiger partial charge in [-0.1, -0.05) is 93.1 Å². The molecule has 15 rings (SSSR count). The van der Waals surface area contributed by atoms with E-state index in [2.05, 4.69) is 67.0 Å². The lowest BCUT2D eigenvalue weighted by atomic mass is 9.95. The minimum atomic E-state index is -2.54. The molecule has 44 nitrogen and oxygen atoms in total. The Hall–Kier alpha value is -12.1. The summed E-state index contributed by atoms with van der Waals surface area (Å²) in [5.41, 5.74) is 10.6. The summed E-state index contributed by atoms with van der Waals surface area (Å²) in [6.07, 6.45) is -23.4. The highest BCUT2D eigenvalue weighted by molar-refractivity contribution is 6.32. The lowest BCUT2D eigenvalue weighted by Gasteiger charge is -2.44. The molecule has 0 aliphatic carbocycles. The summed E-state index contributed by atoms with van der Waals surface area (Å²) in [4.78, 5) is 140. The van der Waals surface area contributed by atoms with Gasteiger partial charge < -0.3 is 179 Å². The van der Waals surface area contributed by atoms with E-state index in [1.54, 1.807) is 0 Å². The molecule has 13 bridgehead atoms. The van der Waals surface area contributed by atoms with Crippen LogP contribution in [0.1, 0.15) is 154 Å². The molecule has 762 valence electrons. The number of carbonyl (C=O) groups excluding carboxylic acids is 9. The third-order valence-corrected chi connectivity index (χ3v) is 25.1. The Labute approximate surface area is 816 Å². The molecular weight excluding hydrogens is 1890 g/mol. The van der Waals surface area contributed by atoms with Crippen LogP contribution in [0.15, 0.2) is 127 Å². The molecule has 0 saturated carbocycles. The summed E-state index contributed by atoms with van der Waals surface area (Å²) in [6, 6.07) is 4.90. The number of halogens is 2. The molecule has 8 aliphatic rings. The van der Waals surface area contributed by atoms with Crippen LogP contribution >= 0.6 is 23.2 Å². The standard InChI is InChI=1S/C95H116Cl2N12O32/c1-42(2)11-6-4-5-7-12-68(118)104-75-81(123)78(120)66(40-111)138-94(75)141-85-63-35-50-36-64(85)136-61-22-17-47(33-57(61)97)84(140-93-74(102-43(3)113)80(122)77(119)65(39-110)137-93)76(92(132)107-71(88(128)101-26-9-8-24-100-25-10-23-98)48-29-53(116)38-55(32-48)134-95-83(125)82(124)79(121)67(41-112)139-95)109-89(129)70(45-14-18-51(114)19-15-45)106-91(131)73(50)108-90(130)72-49-30-52(115)37-54(31-49)133-62-34-46(16-20-59(62)117)69(99)87(127)103-58(86(126)105-72)28-44-13-21-60(135-63)56(96)27-44/h13-22,27,29-38,42,58,65-67,69-84,93-95,100,110-112,114-117,119-125H,4-12,23-26,28,39-41,98-99H2,1-3H3,(H,101,128)(H,102,113)(H,103,127)(H,104,118)(H,105,126)(H,106,131)(H,107,132)(H,108,130)(H,109,129)/t58-,65-,66-,67-,69-,70-,71+,72+,73-,74-,75-,76+,77-,78-,79-,80-,81-,82+,83+,84-,93+,94+,95+/m1/s1. The number of rotatable bonds is 31. The monoisotopic (exact) mass is 2010 g/mol. The quantitative estimate of drug-likeness (QED) is 0.0267. The van der Waals surface area contributed by atoms with Gasteiger partial charge in [-0.25, -0.2) is 0 Å². The third kappa shape index (κ3) is 26.2. The van der Waals surface area contributed by atoms with E-state index in [1.807, 2.05) is 0 Å². The summed E-state index contributed by atoms with van der Waals surface area (Å²) in [6.45, 7) is 3.40. The van der Waals surface area contributed by atoms with Gasteiger partial charge in [0.1, 0.15) is 162 Å². The van der Waals surface area contributed by atoms with E-state index in [-0.39, 0.29) is 75.0 Å². The maximum atomic E-state index is 16.9. The number of nitrogens with one attached hydrogen (secondary N) is 10. The third-order valence-electron chi connectivity index (χ3n) is 24.5. The molecule has 46 heteroatoms. The Morgan fingerprint density at radius 1 is 0.496 bits per heavy atom. The lowest BCUT2D eigenvalue weighted by Crippen LogP contribution is -2.65. The van der Waals surface area contributed by atoms with Crippen molar-refractivity contribution in [3.63, 3.8) is 0 Å². The van der Waals surface area contributed by atoms with Gasteiger partial charge in [-0.3, -0.25) is 43.2 Å². The zero-order valence-corrected chi connectivity index (χ0v) is 78.0. The molecule has 8 aliphatic heterocycles. The van der Waals surface area contributed by atoms with Gasteiger partial charge in [0.2, 0.25) is 71.5 Å². The number of aromatic hydroxyl groups is 4. The van der Waals surface area contributed by atoms with Crippen LogP contribution in [-0.4, -0.2) is 275 Å². The normalized spacial score (nSPS) is 27.1. The first-order chi connectivity index (χ1) is 67.4. The highest BCUT2D eigenvalue weighted by Crippen LogP contribution is 2.50. The van der Waals surface area contributed by atoms with Gasteiger partial charge in [0.05, 0.1) is 29.9 Å². The van der Waals surface area contributed by atoms with Gasteiger partial charge in [-0.2, -0.15) is 0 Å². The number of amides is 9. The van der Waals surface area contributed by atoms with Gasteiger partial charge >= 0.3 is 0 Å². The number of hydrogen-bond donors (Lipinski definition) is 26. The molecule has 28 N–H and O–H groups in total. The molecule has 9 amide bonds. The second-order valence-electron chi connectivity index (χ2n) is 35.4. The molecule has 7 aromatic rings. The molecular formula is C95H116Cl2N12O32. The number of aliphatic hydroxyl groups is 10. The first-order valence-corrected chi connectivity index (χ1v) is 46.6. The fraction of sp³-hybridized carbons (Fsp3) is 0.463. The molecule has 3 fully saturated rings. The number of phenolic OH excluding ortho intramolecular Hbond substituents is 4. The van der Waals surface area contributed by atoms with E-state index < -0.39 is 282 Å². The fourth-order valence-electron chi connectivity index (χ4n) is 16.9. The van der Waals surface area contributed by atoms with E-state index in [0.717, 1.165) is 123 Å². The number of fused-ring (bicyclic) bond motifs is 15. The predicted molar refractivity (Wildman–Crippen MR) is 495 cm³/mol. The highest BCUT2D eigenvalue weighted by atomic mass is 35.5. The van der Waals surface area contributed by atoms with Crippen LogP contribution in [0.3, 0.4) is 0 Å². The van der Waals surface area contributed by atoms with Gasteiger partial charge in [0.25, 0.3) is 0 Å². The zero-order valence-electron chi connectivity index (χ0n) is 76.5. The van der Waals surface area contributed by atoms with E-state index in [9.17, 15) is 85.9 Å². The molecule has 3 saturated heterocycles. The summed E-state index contributed by atoms with van der Waals surface area (Å²) in [5.74, 6) is -16.6. The van der Waals surface area contributed by atoms with E-state index in [0.29, 0.717) is 51.2 Å². The van der Waals surface area contributed by atoms with Crippen molar-refractivity contribution in [1.29, 1.82) is 0 Å². The number of aliphatic hydroxyl groups excluding tert-OH is 10. The molecule has 0 spiro atoms. The molecule has 0 radical (unpaired) electrons. The van der Waals surface area contributed by atoms with Crippen LogP contribution in [0.2, 0.25) is 10.0 Å². The van der Waals surface area contributed by atoms with Crippen molar-refractivity contribution in [2.75, 3.05) is 46.0 Å². The van der Waals surface area contributed by atoms with Crippen LogP contribution in [-0.2, 0) is 68.5 Å². The van der Waals surface area contributed by atoms with Crippen molar-refractivity contribution < 1.29 is 157 Å². The second kappa shape index (κ2) is 48.1. The second-order valence-corrected chi connectivity index (χ2v) is 36.2. The van der Waals surface area contributed by atoms with Crippen molar-refractivity contribution in [3.8, 4) is 69.0 Å². The Bertz CT molecular complexity index is 5620. The predicted octanol–water partition coefficient (Wildman–Crippen LogP) is 0.789. The van der Waals surface area contributed by atoms with Crippen LogP contribution in [0.4, 0.5) is 0 Å². The summed E-state index contributed by atoms with van der Waals surface area (Å²) < 4.78 is 57.6. The number of phenols is 4.